The Kier molecular flexibility index (Phi) is 3.79. The second-order valence-electron chi connectivity index (χ2n) is 4.69. The van der Waals surface area contributed by atoms with Crippen LogP contribution < -0.4 is 0 Å². The Morgan fingerprint density at radius 2 is 1.15 bits per heavy atom. The van der Waals surface area contributed by atoms with Gasteiger partial charge in [-0.1, -0.05) is 38.1 Å². The summed E-state index contributed by atoms with van der Waals surface area (Å²) in [7, 11) is 0. The highest BCUT2D eigenvalue weighted by molar-refractivity contribution is 5.69. The van der Waals surface area contributed by atoms with Crippen LogP contribution in [0.3, 0.4) is 0 Å². The molecule has 0 bridgehead atoms. The smallest absolute Gasteiger partial charge is 0.200 e. The van der Waals surface area contributed by atoms with Crippen molar-refractivity contribution in [2.75, 3.05) is 0 Å². The molecule has 2 rings (SSSR count). The zero-order valence-electron chi connectivity index (χ0n) is 10.8. The second kappa shape index (κ2) is 5.23. The summed E-state index contributed by atoms with van der Waals surface area (Å²) in [5.74, 6) is -9.76. The molecule has 0 saturated heterocycles. The van der Waals surface area contributed by atoms with Gasteiger partial charge in [0.05, 0.1) is 5.56 Å². The molecule has 0 nitrogen and oxygen atoms in total. The van der Waals surface area contributed by atoms with Gasteiger partial charge in [-0.15, -0.1) is 0 Å². The van der Waals surface area contributed by atoms with Crippen LogP contribution in [0.1, 0.15) is 25.3 Å². The van der Waals surface area contributed by atoms with E-state index in [9.17, 15) is 22.0 Å². The molecular formula is C15H11F5. The fourth-order valence-corrected chi connectivity index (χ4v) is 2.07. The van der Waals surface area contributed by atoms with Gasteiger partial charge in [0.25, 0.3) is 0 Å². The van der Waals surface area contributed by atoms with Crippen molar-refractivity contribution in [2.45, 2.75) is 19.8 Å². The van der Waals surface area contributed by atoms with Crippen molar-refractivity contribution < 1.29 is 22.0 Å². The van der Waals surface area contributed by atoms with Crippen molar-refractivity contribution in [1.29, 1.82) is 0 Å². The number of hydrogen-bond acceptors (Lipinski definition) is 0. The molecule has 0 N–H and O–H groups in total. The summed E-state index contributed by atoms with van der Waals surface area (Å²) in [6, 6.07) is 6.07. The number of halogens is 5. The van der Waals surface area contributed by atoms with Crippen LogP contribution in [0.4, 0.5) is 22.0 Å². The number of rotatable bonds is 2. The van der Waals surface area contributed by atoms with Crippen LogP contribution in [0.2, 0.25) is 0 Å². The molecule has 0 aliphatic carbocycles. The maximum absolute atomic E-state index is 13.8. The van der Waals surface area contributed by atoms with Crippen LogP contribution in [0.25, 0.3) is 11.1 Å². The Morgan fingerprint density at radius 1 is 0.700 bits per heavy atom. The number of hydrogen-bond donors (Lipinski definition) is 0. The highest BCUT2D eigenvalue weighted by atomic mass is 19.2. The summed E-state index contributed by atoms with van der Waals surface area (Å²) in [4.78, 5) is 0. The molecule has 2 aromatic carbocycles. The molecule has 0 amide bonds. The van der Waals surface area contributed by atoms with Crippen LogP contribution in [0.15, 0.2) is 24.3 Å². The molecule has 0 aromatic heterocycles. The third kappa shape index (κ3) is 2.17. The van der Waals surface area contributed by atoms with E-state index in [4.69, 9.17) is 0 Å². The first-order valence-electron chi connectivity index (χ1n) is 5.97. The monoisotopic (exact) mass is 286 g/mol. The van der Waals surface area contributed by atoms with Gasteiger partial charge in [-0.2, -0.15) is 0 Å². The summed E-state index contributed by atoms with van der Waals surface area (Å²) in [5.41, 5.74) is -0.364. The summed E-state index contributed by atoms with van der Waals surface area (Å²) < 4.78 is 67.2. The van der Waals surface area contributed by atoms with Gasteiger partial charge in [0.15, 0.2) is 23.3 Å². The highest BCUT2D eigenvalue weighted by Gasteiger charge is 2.27. The fourth-order valence-electron chi connectivity index (χ4n) is 2.07. The Labute approximate surface area is 112 Å². The van der Waals surface area contributed by atoms with Crippen LogP contribution in [0.5, 0.6) is 0 Å². The Bertz CT molecular complexity index is 633. The van der Waals surface area contributed by atoms with Crippen molar-refractivity contribution >= 4 is 0 Å². The molecule has 0 aliphatic rings. The molecule has 106 valence electrons. The molecule has 0 spiro atoms. The number of benzene rings is 2. The van der Waals surface area contributed by atoms with Crippen molar-refractivity contribution in [3.05, 3.63) is 58.9 Å². The van der Waals surface area contributed by atoms with Crippen molar-refractivity contribution in [3.63, 3.8) is 0 Å². The molecule has 0 radical (unpaired) electrons. The zero-order chi connectivity index (χ0) is 15.0. The van der Waals surface area contributed by atoms with E-state index in [-0.39, 0.29) is 11.5 Å². The minimum Gasteiger partial charge on any atom is -0.203 e. The Hall–Kier alpha value is -1.91. The third-order valence-corrected chi connectivity index (χ3v) is 3.06. The van der Waals surface area contributed by atoms with E-state index in [1.165, 1.54) is 12.1 Å². The third-order valence-electron chi connectivity index (χ3n) is 3.06. The molecule has 5 heteroatoms. The van der Waals surface area contributed by atoms with E-state index in [0.29, 0.717) is 5.56 Å². The first-order chi connectivity index (χ1) is 9.36. The van der Waals surface area contributed by atoms with Gasteiger partial charge in [-0.25, -0.2) is 22.0 Å². The van der Waals surface area contributed by atoms with Gasteiger partial charge in [0.2, 0.25) is 5.82 Å². The standard InChI is InChI=1S/C15H11F5/c1-7(2)8-5-3-4-6-9(8)10-11(16)13(18)15(20)14(19)12(10)17/h3-7H,1-2H3. The van der Waals surface area contributed by atoms with E-state index in [0.717, 1.165) is 0 Å². The molecule has 0 fully saturated rings. The molecule has 0 atom stereocenters. The van der Waals surface area contributed by atoms with Gasteiger partial charge in [0.1, 0.15) is 0 Å². The fraction of sp³-hybridized carbons (Fsp3) is 0.200. The van der Waals surface area contributed by atoms with Gasteiger partial charge < -0.3 is 0 Å². The Balaban J connectivity index is 2.84. The average Bonchev–Trinajstić information content (AvgIpc) is 2.43. The summed E-state index contributed by atoms with van der Waals surface area (Å²) in [5, 5.41) is 0. The minimum absolute atomic E-state index is 0.00954. The predicted octanol–water partition coefficient (Wildman–Crippen LogP) is 5.17. The molecule has 0 unspecified atom stereocenters. The van der Waals surface area contributed by atoms with E-state index < -0.39 is 34.6 Å². The van der Waals surface area contributed by atoms with Crippen LogP contribution >= 0.6 is 0 Å². The van der Waals surface area contributed by atoms with Gasteiger partial charge in [-0.05, 0) is 17.0 Å². The largest absolute Gasteiger partial charge is 0.203 e. The quantitative estimate of drug-likeness (QED) is 0.406. The predicted molar refractivity (Wildman–Crippen MR) is 65.8 cm³/mol. The van der Waals surface area contributed by atoms with Crippen LogP contribution in [0, 0.1) is 29.1 Å². The lowest BCUT2D eigenvalue weighted by Crippen LogP contribution is -2.05. The highest BCUT2D eigenvalue weighted by Crippen LogP contribution is 2.35. The van der Waals surface area contributed by atoms with Gasteiger partial charge >= 0.3 is 0 Å². The maximum Gasteiger partial charge on any atom is 0.200 e. The van der Waals surface area contributed by atoms with Gasteiger partial charge in [0, 0.05) is 0 Å². The molecule has 0 aliphatic heterocycles. The van der Waals surface area contributed by atoms with E-state index >= 15 is 0 Å². The zero-order valence-corrected chi connectivity index (χ0v) is 10.8. The lowest BCUT2D eigenvalue weighted by molar-refractivity contribution is 0.381. The summed E-state index contributed by atoms with van der Waals surface area (Å²) in [6.07, 6.45) is 0. The SMILES string of the molecule is CC(C)c1ccccc1-c1c(F)c(F)c(F)c(F)c1F. The topological polar surface area (TPSA) is 0 Å². The lowest BCUT2D eigenvalue weighted by Gasteiger charge is -2.15. The molecule has 0 saturated carbocycles. The van der Waals surface area contributed by atoms with Crippen molar-refractivity contribution in [2.24, 2.45) is 0 Å². The van der Waals surface area contributed by atoms with E-state index in [2.05, 4.69) is 0 Å². The maximum atomic E-state index is 13.8. The second-order valence-corrected chi connectivity index (χ2v) is 4.69. The van der Waals surface area contributed by atoms with E-state index in [1.807, 2.05) is 0 Å². The first kappa shape index (κ1) is 14.5. The van der Waals surface area contributed by atoms with Gasteiger partial charge in [-0.3, -0.25) is 0 Å². The lowest BCUT2D eigenvalue weighted by atomic mass is 9.92. The Morgan fingerprint density at radius 3 is 1.65 bits per heavy atom. The molecule has 2 aromatic rings. The summed E-state index contributed by atoms with van der Waals surface area (Å²) in [6.45, 7) is 3.54. The normalized spacial score (nSPS) is 11.2. The van der Waals surface area contributed by atoms with E-state index in [1.54, 1.807) is 26.0 Å². The van der Waals surface area contributed by atoms with Crippen LogP contribution in [-0.4, -0.2) is 0 Å². The first-order valence-corrected chi connectivity index (χ1v) is 5.97. The van der Waals surface area contributed by atoms with Crippen molar-refractivity contribution in [3.8, 4) is 11.1 Å². The molecule has 20 heavy (non-hydrogen) atoms. The summed E-state index contributed by atoms with van der Waals surface area (Å²) >= 11 is 0. The average molecular weight is 286 g/mol. The minimum atomic E-state index is -2.15. The molecule has 0 heterocycles. The van der Waals surface area contributed by atoms with Crippen LogP contribution in [-0.2, 0) is 0 Å². The molecular weight excluding hydrogens is 275 g/mol. The van der Waals surface area contributed by atoms with Crippen molar-refractivity contribution in [1.82, 2.24) is 0 Å².